The van der Waals surface area contributed by atoms with Crippen LogP contribution in [-0.4, -0.2) is 48.6 Å². The number of esters is 1. The molecular formula is C21H32O6. The minimum atomic E-state index is -0.807. The third-order valence-corrected chi connectivity index (χ3v) is 7.80. The second-order valence-corrected chi connectivity index (χ2v) is 9.32. The first kappa shape index (κ1) is 19.2. The van der Waals surface area contributed by atoms with Crippen LogP contribution in [-0.2, 0) is 23.8 Å². The number of carbonyl (C=O) groups excluding carboxylic acids is 1. The lowest BCUT2D eigenvalue weighted by molar-refractivity contribution is -0.170. The average Bonchev–Trinajstić information content (AvgIpc) is 3.52. The van der Waals surface area contributed by atoms with E-state index in [2.05, 4.69) is 13.8 Å². The lowest BCUT2D eigenvalue weighted by Gasteiger charge is -2.50. The number of hydrogen-bond acceptors (Lipinski definition) is 5. The number of epoxide rings is 2. The predicted octanol–water partition coefficient (Wildman–Crippen LogP) is 3.03. The summed E-state index contributed by atoms with van der Waals surface area (Å²) in [5.74, 6) is 0.110. The smallest absolute Gasteiger partial charge is 0.312 e. The van der Waals surface area contributed by atoms with E-state index in [9.17, 15) is 14.7 Å². The van der Waals surface area contributed by atoms with E-state index in [1.165, 1.54) is 7.11 Å². The Balaban J connectivity index is 1.68. The Labute approximate surface area is 160 Å². The number of methoxy groups -OCH3 is 1. The van der Waals surface area contributed by atoms with Gasteiger partial charge in [0.15, 0.2) is 0 Å². The first-order valence-corrected chi connectivity index (χ1v) is 10.5. The Morgan fingerprint density at radius 3 is 1.89 bits per heavy atom. The molecule has 4 fully saturated rings. The highest BCUT2D eigenvalue weighted by Gasteiger charge is 2.62. The zero-order valence-corrected chi connectivity index (χ0v) is 16.6. The van der Waals surface area contributed by atoms with Crippen LogP contribution >= 0.6 is 0 Å². The fourth-order valence-corrected chi connectivity index (χ4v) is 6.42. The minimum Gasteiger partial charge on any atom is -0.481 e. The Hall–Kier alpha value is -1.14. The van der Waals surface area contributed by atoms with Crippen molar-refractivity contribution >= 4 is 11.9 Å². The molecule has 2 aliphatic carbocycles. The number of carboxylic acids is 1. The fourth-order valence-electron chi connectivity index (χ4n) is 6.42. The van der Waals surface area contributed by atoms with Crippen LogP contribution < -0.4 is 0 Å². The van der Waals surface area contributed by atoms with E-state index in [1.807, 2.05) is 0 Å². The zero-order valence-electron chi connectivity index (χ0n) is 16.6. The lowest BCUT2D eigenvalue weighted by Crippen LogP contribution is -2.53. The van der Waals surface area contributed by atoms with Crippen LogP contribution in [0.4, 0.5) is 0 Å². The van der Waals surface area contributed by atoms with E-state index < -0.39 is 11.4 Å². The summed E-state index contributed by atoms with van der Waals surface area (Å²) in [6, 6.07) is 0. The Kier molecular flexibility index (Phi) is 5.00. The van der Waals surface area contributed by atoms with Crippen LogP contribution in [0.3, 0.4) is 0 Å². The number of fused-ring (bicyclic) bond motifs is 2. The van der Waals surface area contributed by atoms with Crippen molar-refractivity contribution in [2.45, 2.75) is 83.2 Å². The van der Waals surface area contributed by atoms with E-state index >= 15 is 0 Å². The molecule has 2 saturated heterocycles. The molecule has 0 amide bonds. The number of carbonyl (C=O) groups is 2. The third kappa shape index (κ3) is 3.39. The molecule has 0 bridgehead atoms. The van der Waals surface area contributed by atoms with Gasteiger partial charge in [0.05, 0.1) is 36.9 Å². The number of rotatable bonds is 7. The van der Waals surface area contributed by atoms with E-state index in [0.717, 1.165) is 25.7 Å². The van der Waals surface area contributed by atoms with Crippen LogP contribution in [0.1, 0.15) is 58.8 Å². The number of ether oxygens (including phenoxy) is 3. The van der Waals surface area contributed by atoms with Gasteiger partial charge in [-0.3, -0.25) is 9.59 Å². The molecule has 0 radical (unpaired) electrons. The molecule has 27 heavy (non-hydrogen) atoms. The zero-order chi connectivity index (χ0) is 19.3. The van der Waals surface area contributed by atoms with E-state index in [-0.39, 0.29) is 36.4 Å². The molecular weight excluding hydrogens is 348 g/mol. The van der Waals surface area contributed by atoms with Gasteiger partial charge in [0.1, 0.15) is 0 Å². The van der Waals surface area contributed by atoms with Crippen LogP contribution in [0.2, 0.25) is 0 Å². The summed E-state index contributed by atoms with van der Waals surface area (Å²) in [6.45, 7) is 4.45. The largest absolute Gasteiger partial charge is 0.481 e. The van der Waals surface area contributed by atoms with Crippen molar-refractivity contribution in [2.75, 3.05) is 7.11 Å². The first-order valence-electron chi connectivity index (χ1n) is 10.5. The van der Waals surface area contributed by atoms with Crippen LogP contribution in [0.25, 0.3) is 0 Å². The van der Waals surface area contributed by atoms with Crippen molar-refractivity contribution in [2.24, 2.45) is 29.1 Å². The molecule has 8 atom stereocenters. The van der Waals surface area contributed by atoms with Gasteiger partial charge in [0, 0.05) is 6.42 Å². The quantitative estimate of drug-likeness (QED) is 0.539. The number of hydrogen-bond donors (Lipinski definition) is 1. The molecule has 6 nitrogen and oxygen atoms in total. The molecule has 152 valence electrons. The lowest BCUT2D eigenvalue weighted by atomic mass is 9.52. The second-order valence-electron chi connectivity index (χ2n) is 9.32. The molecule has 4 aliphatic rings. The van der Waals surface area contributed by atoms with Crippen molar-refractivity contribution in [3.05, 3.63) is 0 Å². The van der Waals surface area contributed by atoms with Crippen molar-refractivity contribution in [3.63, 3.8) is 0 Å². The van der Waals surface area contributed by atoms with Gasteiger partial charge in [-0.15, -0.1) is 0 Å². The maximum absolute atomic E-state index is 13.4. The summed E-state index contributed by atoms with van der Waals surface area (Å²) in [4.78, 5) is 24.6. The maximum Gasteiger partial charge on any atom is 0.312 e. The summed E-state index contributed by atoms with van der Waals surface area (Å²) in [5, 5.41) is 9.17. The second kappa shape index (κ2) is 7.03. The highest BCUT2D eigenvalue weighted by Crippen LogP contribution is 2.60. The summed E-state index contributed by atoms with van der Waals surface area (Å²) < 4.78 is 17.0. The molecule has 2 aliphatic heterocycles. The van der Waals surface area contributed by atoms with Gasteiger partial charge in [-0.05, 0) is 62.2 Å². The number of aliphatic carboxylic acids is 1. The minimum absolute atomic E-state index is 0.0893. The average molecular weight is 380 g/mol. The highest BCUT2D eigenvalue weighted by atomic mass is 16.6. The highest BCUT2D eigenvalue weighted by molar-refractivity contribution is 5.78. The van der Waals surface area contributed by atoms with Crippen molar-refractivity contribution in [1.82, 2.24) is 0 Å². The van der Waals surface area contributed by atoms with E-state index in [1.54, 1.807) is 0 Å². The SMILES string of the molecule is COC(=O)C(CCCC(=O)O)(C1CC2OC2CC1C)C1CC2OC2CC1C. The normalized spacial score (nSPS) is 44.4. The van der Waals surface area contributed by atoms with E-state index in [0.29, 0.717) is 36.9 Å². The molecule has 1 N–H and O–H groups in total. The van der Waals surface area contributed by atoms with Gasteiger partial charge < -0.3 is 19.3 Å². The molecule has 4 rings (SSSR count). The van der Waals surface area contributed by atoms with Crippen molar-refractivity contribution < 1.29 is 28.9 Å². The maximum atomic E-state index is 13.4. The Morgan fingerprint density at radius 2 is 1.44 bits per heavy atom. The fraction of sp³-hybridized carbons (Fsp3) is 0.905. The van der Waals surface area contributed by atoms with E-state index in [4.69, 9.17) is 14.2 Å². The van der Waals surface area contributed by atoms with Crippen molar-refractivity contribution in [3.8, 4) is 0 Å². The number of carboxylic acid groups (broad SMARTS) is 1. The van der Waals surface area contributed by atoms with Crippen LogP contribution in [0.5, 0.6) is 0 Å². The molecule has 8 unspecified atom stereocenters. The molecule has 6 heteroatoms. The molecule has 0 aromatic heterocycles. The summed E-state index contributed by atoms with van der Waals surface area (Å²) in [5.41, 5.74) is -0.642. The standard InChI is InChI=1S/C21H32O6/c1-11-7-15-17(26-15)9-13(11)21(20(24)25-3,6-4-5-19(22)23)14-10-18-16(27-18)8-12(14)2/h11-18H,4-10H2,1-3H3,(H,22,23). The Morgan fingerprint density at radius 1 is 0.963 bits per heavy atom. The summed E-state index contributed by atoms with van der Waals surface area (Å²) >= 11 is 0. The molecule has 2 saturated carbocycles. The molecule has 2 heterocycles. The predicted molar refractivity (Wildman–Crippen MR) is 97.0 cm³/mol. The van der Waals surface area contributed by atoms with Gasteiger partial charge in [-0.2, -0.15) is 0 Å². The van der Waals surface area contributed by atoms with Gasteiger partial charge in [-0.1, -0.05) is 13.8 Å². The van der Waals surface area contributed by atoms with Gasteiger partial charge in [-0.25, -0.2) is 0 Å². The first-order chi connectivity index (χ1) is 12.9. The molecule has 0 spiro atoms. The topological polar surface area (TPSA) is 88.7 Å². The third-order valence-electron chi connectivity index (χ3n) is 7.80. The van der Waals surface area contributed by atoms with Gasteiger partial charge in [0.2, 0.25) is 0 Å². The summed E-state index contributed by atoms with van der Waals surface area (Å²) in [7, 11) is 1.47. The van der Waals surface area contributed by atoms with Crippen LogP contribution in [0, 0.1) is 29.1 Å². The van der Waals surface area contributed by atoms with Crippen LogP contribution in [0.15, 0.2) is 0 Å². The molecule has 0 aromatic rings. The van der Waals surface area contributed by atoms with Gasteiger partial charge in [0.25, 0.3) is 0 Å². The van der Waals surface area contributed by atoms with Crippen molar-refractivity contribution in [1.29, 1.82) is 0 Å². The van der Waals surface area contributed by atoms with Gasteiger partial charge >= 0.3 is 11.9 Å². The molecule has 0 aromatic carbocycles. The monoisotopic (exact) mass is 380 g/mol. The summed E-state index contributed by atoms with van der Waals surface area (Å²) in [6.07, 6.45) is 6.12. The Bertz CT molecular complexity index is 571.